The quantitative estimate of drug-likeness (QED) is 0.880. The molecule has 0 bridgehead atoms. The Morgan fingerprint density at radius 1 is 1.30 bits per heavy atom. The van der Waals surface area contributed by atoms with E-state index in [0.717, 1.165) is 29.8 Å². The van der Waals surface area contributed by atoms with E-state index >= 15 is 0 Å². The van der Waals surface area contributed by atoms with E-state index in [1.807, 2.05) is 24.3 Å². The Labute approximate surface area is 141 Å². The molecule has 0 spiro atoms. The van der Waals surface area contributed by atoms with Crippen molar-refractivity contribution in [3.8, 4) is 0 Å². The van der Waals surface area contributed by atoms with Crippen molar-refractivity contribution in [2.75, 3.05) is 23.7 Å². The Hall–Kier alpha value is -1.53. The molecule has 1 aromatic carbocycles. The molecule has 6 heteroatoms. The number of nitrogens with two attached hydrogens (primary N) is 1. The van der Waals surface area contributed by atoms with Crippen LogP contribution in [0.15, 0.2) is 29.2 Å². The first-order valence-corrected chi connectivity index (χ1v) is 9.19. The van der Waals surface area contributed by atoms with Gasteiger partial charge in [0.1, 0.15) is 6.54 Å². The average Bonchev–Trinajstić information content (AvgIpc) is 2.58. The Morgan fingerprint density at radius 3 is 2.91 bits per heavy atom. The number of rotatable bonds is 4. The molecule has 0 saturated heterocycles. The van der Waals surface area contributed by atoms with Crippen molar-refractivity contribution >= 4 is 29.3 Å². The number of hydrogen-bond donors (Lipinski definition) is 2. The summed E-state index contributed by atoms with van der Waals surface area (Å²) in [5.74, 6) is 0.639. The molecule has 1 aliphatic heterocycles. The van der Waals surface area contributed by atoms with Crippen LogP contribution < -0.4 is 16.0 Å². The summed E-state index contributed by atoms with van der Waals surface area (Å²) in [6.45, 7) is 0.692. The van der Waals surface area contributed by atoms with Crippen LogP contribution in [0.5, 0.6) is 0 Å². The first-order valence-electron chi connectivity index (χ1n) is 8.20. The molecule has 1 fully saturated rings. The minimum Gasteiger partial charge on any atom is -0.351 e. The van der Waals surface area contributed by atoms with Gasteiger partial charge in [-0.3, -0.25) is 9.59 Å². The number of hydrogen-bond acceptors (Lipinski definition) is 4. The van der Waals surface area contributed by atoms with Crippen LogP contribution in [0.3, 0.4) is 0 Å². The summed E-state index contributed by atoms with van der Waals surface area (Å²) in [4.78, 5) is 27.3. The van der Waals surface area contributed by atoms with Crippen molar-refractivity contribution < 1.29 is 9.59 Å². The van der Waals surface area contributed by atoms with E-state index in [0.29, 0.717) is 18.2 Å². The van der Waals surface area contributed by atoms with E-state index in [2.05, 4.69) is 5.32 Å². The van der Waals surface area contributed by atoms with Crippen LogP contribution in [-0.4, -0.2) is 36.7 Å². The SMILES string of the molecule is NCC1CCCCC1NC(=O)CN1C(=O)CSc2ccccc21. The summed E-state index contributed by atoms with van der Waals surface area (Å²) in [5.41, 5.74) is 6.66. The minimum absolute atomic E-state index is 0.0112. The van der Waals surface area contributed by atoms with Crippen molar-refractivity contribution in [2.45, 2.75) is 36.6 Å². The van der Waals surface area contributed by atoms with Gasteiger partial charge in [-0.15, -0.1) is 11.8 Å². The van der Waals surface area contributed by atoms with E-state index in [9.17, 15) is 9.59 Å². The standard InChI is InChI=1S/C17H23N3O2S/c18-9-12-5-1-2-6-13(12)19-16(21)10-20-14-7-3-4-8-15(14)23-11-17(20)22/h3-4,7-8,12-13H,1-2,5-6,9-11,18H2,(H,19,21). The fourth-order valence-corrected chi connectivity index (χ4v) is 4.34. The number of anilines is 1. The van der Waals surface area contributed by atoms with Crippen LogP contribution in [-0.2, 0) is 9.59 Å². The molecule has 124 valence electrons. The first-order chi connectivity index (χ1) is 11.2. The predicted molar refractivity (Wildman–Crippen MR) is 92.5 cm³/mol. The lowest BCUT2D eigenvalue weighted by Crippen LogP contribution is -2.49. The summed E-state index contributed by atoms with van der Waals surface area (Å²) in [5, 5.41) is 3.10. The lowest BCUT2D eigenvalue weighted by atomic mass is 9.84. The third kappa shape index (κ3) is 3.70. The maximum Gasteiger partial charge on any atom is 0.240 e. The highest BCUT2D eigenvalue weighted by molar-refractivity contribution is 8.00. The molecule has 1 heterocycles. The number of nitrogens with zero attached hydrogens (tertiary/aromatic N) is 1. The largest absolute Gasteiger partial charge is 0.351 e. The monoisotopic (exact) mass is 333 g/mol. The first kappa shape index (κ1) is 16.3. The molecule has 1 saturated carbocycles. The lowest BCUT2D eigenvalue weighted by Gasteiger charge is -2.33. The van der Waals surface area contributed by atoms with E-state index < -0.39 is 0 Å². The second-order valence-corrected chi connectivity index (χ2v) is 7.21. The van der Waals surface area contributed by atoms with E-state index in [-0.39, 0.29) is 24.4 Å². The zero-order valence-electron chi connectivity index (χ0n) is 13.2. The number of amides is 2. The van der Waals surface area contributed by atoms with E-state index in [1.54, 1.807) is 4.90 Å². The molecule has 0 radical (unpaired) electrons. The van der Waals surface area contributed by atoms with Crippen LogP contribution in [0, 0.1) is 5.92 Å². The Bertz CT molecular complexity index is 593. The van der Waals surface area contributed by atoms with Gasteiger partial charge in [0, 0.05) is 10.9 Å². The summed E-state index contributed by atoms with van der Waals surface area (Å²) in [7, 11) is 0. The zero-order valence-corrected chi connectivity index (χ0v) is 14.0. The van der Waals surface area contributed by atoms with Gasteiger partial charge in [-0.2, -0.15) is 0 Å². The molecule has 2 aliphatic rings. The van der Waals surface area contributed by atoms with Crippen molar-refractivity contribution in [1.82, 2.24) is 5.32 Å². The van der Waals surface area contributed by atoms with Crippen LogP contribution in [0.4, 0.5) is 5.69 Å². The number of carbonyl (C=O) groups excluding carboxylic acids is 2. The van der Waals surface area contributed by atoms with Gasteiger partial charge in [0.25, 0.3) is 0 Å². The molecule has 2 atom stereocenters. The smallest absolute Gasteiger partial charge is 0.240 e. The highest BCUT2D eigenvalue weighted by Gasteiger charge is 2.29. The van der Waals surface area contributed by atoms with Crippen LogP contribution in [0.25, 0.3) is 0 Å². The van der Waals surface area contributed by atoms with Gasteiger partial charge in [-0.25, -0.2) is 0 Å². The molecule has 1 aliphatic carbocycles. The zero-order chi connectivity index (χ0) is 16.2. The number of para-hydroxylation sites is 1. The number of benzene rings is 1. The average molecular weight is 333 g/mol. The van der Waals surface area contributed by atoms with Crippen LogP contribution in [0.2, 0.25) is 0 Å². The van der Waals surface area contributed by atoms with Crippen LogP contribution >= 0.6 is 11.8 Å². The van der Waals surface area contributed by atoms with E-state index in [4.69, 9.17) is 5.73 Å². The van der Waals surface area contributed by atoms with Crippen molar-refractivity contribution in [3.05, 3.63) is 24.3 Å². The topological polar surface area (TPSA) is 75.4 Å². The van der Waals surface area contributed by atoms with Gasteiger partial charge >= 0.3 is 0 Å². The second kappa shape index (κ2) is 7.36. The van der Waals surface area contributed by atoms with Gasteiger partial charge in [0.15, 0.2) is 0 Å². The van der Waals surface area contributed by atoms with Crippen LogP contribution in [0.1, 0.15) is 25.7 Å². The maximum absolute atomic E-state index is 12.4. The molecule has 23 heavy (non-hydrogen) atoms. The molecule has 3 rings (SSSR count). The molecule has 2 amide bonds. The minimum atomic E-state index is -0.0922. The normalized spacial score (nSPS) is 24.2. The van der Waals surface area contributed by atoms with Gasteiger partial charge in [0.2, 0.25) is 11.8 Å². The van der Waals surface area contributed by atoms with Crippen molar-refractivity contribution in [1.29, 1.82) is 0 Å². The van der Waals surface area contributed by atoms with Gasteiger partial charge in [0.05, 0.1) is 11.4 Å². The summed E-state index contributed by atoms with van der Waals surface area (Å²) in [6.07, 6.45) is 4.37. The molecule has 3 N–H and O–H groups in total. The fraction of sp³-hybridized carbons (Fsp3) is 0.529. The molecule has 1 aromatic rings. The molecular formula is C17H23N3O2S. The van der Waals surface area contributed by atoms with E-state index in [1.165, 1.54) is 18.2 Å². The highest BCUT2D eigenvalue weighted by Crippen LogP contribution is 2.34. The summed E-state index contributed by atoms with van der Waals surface area (Å²) < 4.78 is 0. The van der Waals surface area contributed by atoms with Gasteiger partial charge < -0.3 is 16.0 Å². The Balaban J connectivity index is 1.66. The molecule has 5 nitrogen and oxygen atoms in total. The Kier molecular flexibility index (Phi) is 5.23. The third-order valence-electron chi connectivity index (χ3n) is 4.67. The number of carbonyl (C=O) groups is 2. The van der Waals surface area contributed by atoms with Gasteiger partial charge in [-0.05, 0) is 37.4 Å². The molecule has 2 unspecified atom stereocenters. The second-order valence-electron chi connectivity index (χ2n) is 6.19. The summed E-state index contributed by atoms with van der Waals surface area (Å²) >= 11 is 1.53. The third-order valence-corrected chi connectivity index (χ3v) is 5.72. The highest BCUT2D eigenvalue weighted by atomic mass is 32.2. The fourth-order valence-electron chi connectivity index (χ4n) is 3.40. The molecular weight excluding hydrogens is 310 g/mol. The van der Waals surface area contributed by atoms with Gasteiger partial charge in [-0.1, -0.05) is 25.0 Å². The predicted octanol–water partition coefficient (Wildman–Crippen LogP) is 1.76. The number of nitrogens with one attached hydrogen (secondary N) is 1. The molecule has 0 aromatic heterocycles. The summed E-state index contributed by atoms with van der Waals surface area (Å²) in [6, 6.07) is 7.88. The lowest BCUT2D eigenvalue weighted by molar-refractivity contribution is -0.123. The Morgan fingerprint density at radius 2 is 2.09 bits per heavy atom. The number of fused-ring (bicyclic) bond motifs is 1. The maximum atomic E-state index is 12.4. The van der Waals surface area contributed by atoms with Crippen molar-refractivity contribution in [3.63, 3.8) is 0 Å². The number of thioether (sulfide) groups is 1. The van der Waals surface area contributed by atoms with Crippen molar-refractivity contribution in [2.24, 2.45) is 11.7 Å².